The van der Waals surface area contributed by atoms with Crippen LogP contribution in [0.4, 0.5) is 0 Å². The van der Waals surface area contributed by atoms with Gasteiger partial charge in [0.1, 0.15) is 29.4 Å². The van der Waals surface area contributed by atoms with Crippen molar-refractivity contribution in [1.82, 2.24) is 0 Å². The van der Waals surface area contributed by atoms with Crippen LogP contribution in [0.1, 0.15) is 0 Å². The molecule has 0 aromatic carbocycles. The van der Waals surface area contributed by atoms with E-state index < -0.39 is 36.0 Å². The van der Waals surface area contributed by atoms with Crippen LogP contribution in [-0.2, 0) is 4.74 Å². The van der Waals surface area contributed by atoms with Crippen molar-refractivity contribution in [2.75, 3.05) is 6.61 Å². The van der Waals surface area contributed by atoms with Gasteiger partial charge in [0.2, 0.25) is 0 Å². The minimum atomic E-state index is -1.29. The predicted molar refractivity (Wildman–Crippen MR) is 42.7 cm³/mol. The summed E-state index contributed by atoms with van der Waals surface area (Å²) in [5.74, 6) is 0. The van der Waals surface area contributed by atoms with Crippen LogP contribution in [0.3, 0.4) is 0 Å². The third kappa shape index (κ3) is 9.24. The molecule has 10 heteroatoms. The summed E-state index contributed by atoms with van der Waals surface area (Å²) in [4.78, 5) is 0. The topological polar surface area (TPSA) is 90.2 Å². The van der Waals surface area contributed by atoms with Crippen LogP contribution >= 0.6 is 15.9 Å². The summed E-state index contributed by atoms with van der Waals surface area (Å²) < 4.78 is 4.94. The standard InChI is InChI=1S/C6H11BrO5.4Ac/c7-6-5(11)4(10)3(9)2(1-8)12-6;;;;/h2-6,8-11H,1H2;;;;/t2-,3-,4+,5-,6+;;;;/m1..../s1. The molecule has 1 fully saturated rings. The molecule has 0 aromatic rings. The first kappa shape index (κ1) is 30.0. The first-order chi connectivity index (χ1) is 5.57. The minimum absolute atomic E-state index is 0. The van der Waals surface area contributed by atoms with Crippen LogP contribution in [0, 0.1) is 176 Å². The summed E-state index contributed by atoms with van der Waals surface area (Å²) >= 11 is 2.95. The van der Waals surface area contributed by atoms with Gasteiger partial charge in [-0.15, -0.1) is 0 Å². The average molecular weight is 1150 g/mol. The molecule has 4 N–H and O–H groups in total. The van der Waals surface area contributed by atoms with Gasteiger partial charge in [0.05, 0.1) is 6.61 Å². The van der Waals surface area contributed by atoms with Crippen molar-refractivity contribution in [2.45, 2.75) is 29.4 Å². The molecule has 0 spiro atoms. The molecule has 0 aromatic heterocycles. The van der Waals surface area contributed by atoms with E-state index in [-0.39, 0.29) is 176 Å². The van der Waals surface area contributed by atoms with Gasteiger partial charge in [0.25, 0.3) is 0 Å². The maximum absolute atomic E-state index is 9.21. The van der Waals surface area contributed by atoms with Crippen molar-refractivity contribution >= 4 is 15.9 Å². The molecule has 1 aliphatic rings. The van der Waals surface area contributed by atoms with E-state index in [1.807, 2.05) is 0 Å². The molecule has 0 bridgehead atoms. The van der Waals surface area contributed by atoms with E-state index in [4.69, 9.17) is 14.9 Å². The molecule has 84 valence electrons. The summed E-state index contributed by atoms with van der Waals surface area (Å²) in [5.41, 5.74) is 0. The van der Waals surface area contributed by atoms with Crippen LogP contribution in [0.25, 0.3) is 0 Å². The van der Waals surface area contributed by atoms with Crippen LogP contribution in [0.5, 0.6) is 0 Å². The number of halogens is 1. The average Bonchev–Trinajstić information content (AvgIpc) is 2.08. The van der Waals surface area contributed by atoms with Gasteiger partial charge in [-0.1, -0.05) is 15.9 Å². The molecule has 1 heterocycles. The number of alkyl halides is 1. The maximum atomic E-state index is 9.21. The quantitative estimate of drug-likeness (QED) is 0.233. The summed E-state index contributed by atoms with van der Waals surface area (Å²) in [6, 6.07) is 0. The first-order valence-corrected chi connectivity index (χ1v) is 4.44. The number of hydrogen-bond donors (Lipinski definition) is 4. The van der Waals surface area contributed by atoms with Gasteiger partial charge in [0.15, 0.2) is 0 Å². The third-order valence-electron chi connectivity index (χ3n) is 1.83. The Morgan fingerprint density at radius 2 is 1.31 bits per heavy atom. The maximum Gasteiger partial charge on any atom is 0.141 e. The van der Waals surface area contributed by atoms with E-state index in [9.17, 15) is 10.2 Å². The van der Waals surface area contributed by atoms with Gasteiger partial charge < -0.3 is 25.2 Å². The Morgan fingerprint density at radius 1 is 0.875 bits per heavy atom. The van der Waals surface area contributed by atoms with Gasteiger partial charge in [-0.3, -0.25) is 0 Å². The molecule has 5 atom stereocenters. The Morgan fingerprint density at radius 3 is 1.69 bits per heavy atom. The molecule has 1 saturated heterocycles. The molecular weight excluding hydrogens is 1140 g/mol. The molecule has 0 saturated carbocycles. The molecule has 0 amide bonds. The number of hydrogen-bond acceptors (Lipinski definition) is 5. The second-order valence-corrected chi connectivity index (χ2v) is 3.58. The Labute approximate surface area is 246 Å². The Kier molecular flexibility index (Phi) is 29.8. The Hall–Kier alpha value is 6.05. The molecular formula is C6H11Ac4BrO5. The van der Waals surface area contributed by atoms with Gasteiger partial charge in [-0.25, -0.2) is 0 Å². The minimum Gasteiger partial charge on any atom is -0.394 e. The molecule has 1 rings (SSSR count). The Bertz CT molecular complexity index is 163. The van der Waals surface area contributed by atoms with Crippen LogP contribution in [0.2, 0.25) is 0 Å². The van der Waals surface area contributed by atoms with Crippen molar-refractivity contribution in [3.63, 3.8) is 0 Å². The SMILES string of the molecule is OC[C@H]1O[C@H](Br)[C@H](O)[C@@H](O)[C@@H]1O.[Ac].[Ac].[Ac].[Ac]. The normalized spacial score (nSPS) is 36.9. The number of rotatable bonds is 1. The van der Waals surface area contributed by atoms with Crippen molar-refractivity contribution in [3.05, 3.63) is 0 Å². The number of aliphatic hydroxyl groups excluding tert-OH is 4. The molecule has 1 aliphatic heterocycles. The van der Waals surface area contributed by atoms with E-state index in [1.165, 1.54) is 0 Å². The van der Waals surface area contributed by atoms with E-state index in [0.717, 1.165) is 0 Å². The summed E-state index contributed by atoms with van der Waals surface area (Å²) in [6.45, 7) is -0.396. The zero-order chi connectivity index (χ0) is 9.30. The zero-order valence-electron chi connectivity index (χ0n) is 8.48. The fourth-order valence-corrected chi connectivity index (χ4v) is 1.65. The summed E-state index contributed by atoms with van der Waals surface area (Å²) in [5, 5.41) is 35.5. The van der Waals surface area contributed by atoms with Crippen molar-refractivity contribution in [3.8, 4) is 0 Å². The molecule has 4 radical (unpaired) electrons. The molecule has 0 unspecified atom stereocenters. The van der Waals surface area contributed by atoms with Crippen LogP contribution in [0.15, 0.2) is 0 Å². The fourth-order valence-electron chi connectivity index (χ4n) is 1.06. The van der Waals surface area contributed by atoms with Crippen LogP contribution < -0.4 is 0 Å². The van der Waals surface area contributed by atoms with Gasteiger partial charge in [0, 0.05) is 176 Å². The largest absolute Gasteiger partial charge is 0.394 e. The van der Waals surface area contributed by atoms with Crippen LogP contribution in [-0.4, -0.2) is 56.5 Å². The molecule has 16 heavy (non-hydrogen) atoms. The van der Waals surface area contributed by atoms with E-state index in [2.05, 4.69) is 15.9 Å². The van der Waals surface area contributed by atoms with Crippen molar-refractivity contribution < 1.29 is 201 Å². The fraction of sp³-hybridized carbons (Fsp3) is 1.00. The third-order valence-corrected chi connectivity index (χ3v) is 2.59. The monoisotopic (exact) mass is 1150 g/mol. The first-order valence-electron chi connectivity index (χ1n) is 3.52. The predicted octanol–water partition coefficient (Wildman–Crippen LogP) is -1.82. The van der Waals surface area contributed by atoms with Crippen molar-refractivity contribution in [1.29, 1.82) is 0 Å². The zero-order valence-corrected chi connectivity index (χ0v) is 29.0. The van der Waals surface area contributed by atoms with Gasteiger partial charge in [-0.05, 0) is 0 Å². The van der Waals surface area contributed by atoms with E-state index in [1.54, 1.807) is 0 Å². The van der Waals surface area contributed by atoms with E-state index >= 15 is 0 Å². The van der Waals surface area contributed by atoms with Gasteiger partial charge in [-0.2, -0.15) is 0 Å². The molecule has 0 aliphatic carbocycles. The number of ether oxygens (including phenoxy) is 1. The summed E-state index contributed by atoms with van der Waals surface area (Å²) in [6.07, 6.45) is -4.57. The van der Waals surface area contributed by atoms with Crippen molar-refractivity contribution in [2.24, 2.45) is 0 Å². The smallest absolute Gasteiger partial charge is 0.141 e. The van der Waals surface area contributed by atoms with Gasteiger partial charge >= 0.3 is 0 Å². The summed E-state index contributed by atoms with van der Waals surface area (Å²) in [7, 11) is 0. The number of aliphatic hydroxyl groups is 4. The second-order valence-electron chi connectivity index (χ2n) is 2.68. The second kappa shape index (κ2) is 15.9. The molecule has 5 nitrogen and oxygen atoms in total. The van der Waals surface area contributed by atoms with E-state index in [0.29, 0.717) is 0 Å². The Balaban J connectivity index is -0.000000180.